The van der Waals surface area contributed by atoms with Crippen LogP contribution >= 0.6 is 11.8 Å². The van der Waals surface area contributed by atoms with Gasteiger partial charge in [-0.25, -0.2) is 13.8 Å². The number of para-hydroxylation sites is 1. The molecule has 3 rings (SSSR count). The van der Waals surface area contributed by atoms with Crippen LogP contribution in [0.2, 0.25) is 0 Å². The van der Waals surface area contributed by atoms with E-state index in [1.807, 2.05) is 12.1 Å². The monoisotopic (exact) mass is 488 g/mol. The van der Waals surface area contributed by atoms with Crippen molar-refractivity contribution in [3.05, 3.63) is 70.0 Å². The molecular formula is C25H30F2N4O2S. The van der Waals surface area contributed by atoms with Crippen LogP contribution in [-0.2, 0) is 11.3 Å². The number of hydrogen-bond donors (Lipinski definition) is 1. The molecule has 0 aliphatic carbocycles. The Balaban J connectivity index is 1.74. The fourth-order valence-corrected chi connectivity index (χ4v) is 4.63. The molecule has 1 N–H and O–H groups in total. The van der Waals surface area contributed by atoms with E-state index in [9.17, 15) is 18.4 Å². The van der Waals surface area contributed by atoms with Gasteiger partial charge in [-0.1, -0.05) is 43.8 Å². The van der Waals surface area contributed by atoms with E-state index < -0.39 is 17.7 Å². The lowest BCUT2D eigenvalue weighted by Gasteiger charge is -2.19. The summed E-state index contributed by atoms with van der Waals surface area (Å²) in [7, 11) is 0. The summed E-state index contributed by atoms with van der Waals surface area (Å²) < 4.78 is 28.8. The van der Waals surface area contributed by atoms with Crippen molar-refractivity contribution in [2.45, 2.75) is 44.9 Å². The molecule has 6 nitrogen and oxygen atoms in total. The minimum absolute atomic E-state index is 0.00792. The highest BCUT2D eigenvalue weighted by Gasteiger charge is 2.17. The van der Waals surface area contributed by atoms with Gasteiger partial charge < -0.3 is 10.2 Å². The largest absolute Gasteiger partial charge is 0.349 e. The predicted molar refractivity (Wildman–Crippen MR) is 132 cm³/mol. The summed E-state index contributed by atoms with van der Waals surface area (Å²) in [5, 5.41) is 3.74. The smallest absolute Gasteiger partial charge is 0.262 e. The fourth-order valence-electron chi connectivity index (χ4n) is 3.79. The van der Waals surface area contributed by atoms with Crippen LogP contribution in [0.1, 0.15) is 38.8 Å². The van der Waals surface area contributed by atoms with Crippen LogP contribution in [0.3, 0.4) is 0 Å². The first kappa shape index (κ1) is 25.8. The average Bonchev–Trinajstić information content (AvgIpc) is 2.81. The number of benzene rings is 2. The standard InChI is InChI=1S/C25H30F2N4O2S/c1-4-30(5-2)13-8-14-31-24(33)20-9-6-7-10-22(20)29-25(31)34-16-23(32)28-17(3)19-12-11-18(26)15-21(19)27/h6-7,9-12,15,17H,4-5,8,13-14,16H2,1-3H3,(H,28,32). The molecule has 1 heterocycles. The first-order valence-electron chi connectivity index (χ1n) is 11.4. The molecule has 9 heteroatoms. The maximum atomic E-state index is 14.0. The van der Waals surface area contributed by atoms with Crippen molar-refractivity contribution in [3.8, 4) is 0 Å². The molecule has 0 aliphatic rings. The van der Waals surface area contributed by atoms with Crippen molar-refractivity contribution < 1.29 is 13.6 Å². The molecular weight excluding hydrogens is 458 g/mol. The van der Waals surface area contributed by atoms with Crippen LogP contribution in [0.4, 0.5) is 8.78 Å². The van der Waals surface area contributed by atoms with Crippen LogP contribution in [0.15, 0.2) is 52.4 Å². The number of rotatable bonds is 11. The Morgan fingerprint density at radius 2 is 1.91 bits per heavy atom. The van der Waals surface area contributed by atoms with Crippen LogP contribution in [0, 0.1) is 11.6 Å². The zero-order valence-electron chi connectivity index (χ0n) is 19.7. The summed E-state index contributed by atoms with van der Waals surface area (Å²) >= 11 is 1.17. The van der Waals surface area contributed by atoms with Gasteiger partial charge in [-0.2, -0.15) is 0 Å². The molecule has 182 valence electrons. The van der Waals surface area contributed by atoms with E-state index >= 15 is 0 Å². The van der Waals surface area contributed by atoms with Gasteiger partial charge in [0.05, 0.1) is 22.7 Å². The van der Waals surface area contributed by atoms with Crippen molar-refractivity contribution in [3.63, 3.8) is 0 Å². The first-order chi connectivity index (χ1) is 16.3. The Morgan fingerprint density at radius 3 is 2.62 bits per heavy atom. The van der Waals surface area contributed by atoms with Crippen molar-refractivity contribution in [1.29, 1.82) is 0 Å². The second-order valence-corrected chi connectivity index (χ2v) is 8.93. The summed E-state index contributed by atoms with van der Waals surface area (Å²) in [5.74, 6) is -1.71. The highest BCUT2D eigenvalue weighted by molar-refractivity contribution is 7.99. The van der Waals surface area contributed by atoms with Crippen LogP contribution in [0.5, 0.6) is 0 Å². The summed E-state index contributed by atoms with van der Waals surface area (Å²) in [6, 6.07) is 9.80. The number of fused-ring (bicyclic) bond motifs is 1. The molecule has 0 bridgehead atoms. The highest BCUT2D eigenvalue weighted by Crippen LogP contribution is 2.20. The molecule has 1 unspecified atom stereocenters. The quantitative estimate of drug-likeness (QED) is 0.321. The Bertz CT molecular complexity index is 1200. The van der Waals surface area contributed by atoms with Crippen molar-refractivity contribution in [2.24, 2.45) is 0 Å². The number of halogens is 2. The lowest BCUT2D eigenvalue weighted by atomic mass is 10.1. The second kappa shape index (κ2) is 12.1. The Hall–Kier alpha value is -2.78. The second-order valence-electron chi connectivity index (χ2n) is 7.99. The third-order valence-electron chi connectivity index (χ3n) is 5.72. The number of carbonyl (C=O) groups is 1. The normalized spacial score (nSPS) is 12.3. The number of thioether (sulfide) groups is 1. The Morgan fingerprint density at radius 1 is 1.18 bits per heavy atom. The van der Waals surface area contributed by atoms with E-state index in [1.165, 1.54) is 17.8 Å². The first-order valence-corrected chi connectivity index (χ1v) is 12.4. The molecule has 0 radical (unpaired) electrons. The van der Waals surface area contributed by atoms with Gasteiger partial charge in [0.2, 0.25) is 5.91 Å². The fraction of sp³-hybridized carbons (Fsp3) is 0.400. The van der Waals surface area contributed by atoms with Gasteiger partial charge in [0.15, 0.2) is 5.16 Å². The van der Waals surface area contributed by atoms with Gasteiger partial charge in [-0.15, -0.1) is 0 Å². The van der Waals surface area contributed by atoms with Crippen LogP contribution in [-0.4, -0.2) is 45.7 Å². The van der Waals surface area contributed by atoms with Gasteiger partial charge in [0.25, 0.3) is 5.56 Å². The van der Waals surface area contributed by atoms with Gasteiger partial charge >= 0.3 is 0 Å². The minimum atomic E-state index is -0.710. The molecule has 0 fully saturated rings. The molecule has 3 aromatic rings. The van der Waals surface area contributed by atoms with Crippen LogP contribution < -0.4 is 10.9 Å². The maximum absolute atomic E-state index is 14.0. The van der Waals surface area contributed by atoms with Crippen molar-refractivity contribution in [2.75, 3.05) is 25.4 Å². The molecule has 0 spiro atoms. The summed E-state index contributed by atoms with van der Waals surface area (Å²) in [6.45, 7) is 9.08. The molecule has 0 saturated carbocycles. The molecule has 34 heavy (non-hydrogen) atoms. The minimum Gasteiger partial charge on any atom is -0.349 e. The molecule has 1 aromatic heterocycles. The lowest BCUT2D eigenvalue weighted by molar-refractivity contribution is -0.119. The maximum Gasteiger partial charge on any atom is 0.262 e. The summed E-state index contributed by atoms with van der Waals surface area (Å²) in [6.07, 6.45) is 0.780. The topological polar surface area (TPSA) is 67.2 Å². The van der Waals surface area contributed by atoms with Gasteiger partial charge in [0, 0.05) is 18.2 Å². The van der Waals surface area contributed by atoms with E-state index in [2.05, 4.69) is 29.0 Å². The van der Waals surface area contributed by atoms with Crippen molar-refractivity contribution in [1.82, 2.24) is 19.8 Å². The third-order valence-corrected chi connectivity index (χ3v) is 6.69. The number of nitrogens with one attached hydrogen (secondary N) is 1. The summed E-state index contributed by atoms with van der Waals surface area (Å²) in [5.41, 5.74) is 0.656. The number of hydrogen-bond acceptors (Lipinski definition) is 5. The number of carbonyl (C=O) groups excluding carboxylic acids is 1. The molecule has 1 atom stereocenters. The number of nitrogens with zero attached hydrogens (tertiary/aromatic N) is 3. The third kappa shape index (κ3) is 6.42. The van der Waals surface area contributed by atoms with E-state index in [4.69, 9.17) is 0 Å². The Kier molecular flexibility index (Phi) is 9.18. The SMILES string of the molecule is CCN(CC)CCCn1c(SCC(=O)NC(C)c2ccc(F)cc2F)nc2ccccc2c1=O. The molecule has 0 saturated heterocycles. The van der Waals surface area contributed by atoms with Gasteiger partial charge in [0.1, 0.15) is 11.6 Å². The molecule has 2 aromatic carbocycles. The average molecular weight is 489 g/mol. The molecule has 0 aliphatic heterocycles. The van der Waals surface area contributed by atoms with Gasteiger partial charge in [-0.3, -0.25) is 14.2 Å². The predicted octanol–water partition coefficient (Wildman–Crippen LogP) is 4.38. The molecule has 1 amide bonds. The Labute approximate surface area is 202 Å². The van der Waals surface area contributed by atoms with Gasteiger partial charge in [-0.05, 0) is 51.2 Å². The lowest BCUT2D eigenvalue weighted by Crippen LogP contribution is -2.30. The number of aromatic nitrogens is 2. The zero-order valence-corrected chi connectivity index (χ0v) is 20.5. The van der Waals surface area contributed by atoms with E-state index in [0.29, 0.717) is 22.6 Å². The van der Waals surface area contributed by atoms with Crippen molar-refractivity contribution >= 4 is 28.6 Å². The zero-order chi connectivity index (χ0) is 24.7. The van der Waals surface area contributed by atoms with E-state index in [-0.39, 0.29) is 22.8 Å². The van der Waals surface area contributed by atoms with Crippen LogP contribution in [0.25, 0.3) is 10.9 Å². The van der Waals surface area contributed by atoms with E-state index in [1.54, 1.807) is 23.6 Å². The summed E-state index contributed by atoms with van der Waals surface area (Å²) in [4.78, 5) is 32.7. The number of amides is 1. The highest BCUT2D eigenvalue weighted by atomic mass is 32.2. The van der Waals surface area contributed by atoms with E-state index in [0.717, 1.165) is 38.2 Å².